The van der Waals surface area contributed by atoms with E-state index in [0.717, 1.165) is 66.3 Å². The first-order valence-electron chi connectivity index (χ1n) is 25.7. The molecule has 3 aromatic rings. The second-order valence-corrected chi connectivity index (χ2v) is 19.6. The van der Waals surface area contributed by atoms with Gasteiger partial charge in [0.15, 0.2) is 18.3 Å². The van der Waals surface area contributed by atoms with Crippen LogP contribution in [-0.2, 0) is 73.9 Å². The van der Waals surface area contributed by atoms with Crippen LogP contribution in [0.2, 0.25) is 0 Å². The minimum Gasteiger partial charge on any atom is -0.458 e. The SMILES string of the molecule is C=C(C)C/C=C/C(=C)C[C@@H](C)C1OC(=O)[C@H](C)/C=C/C=C[C@@H](OC(=O)[C@](OC)(c2ccccc2)C(F)(F)F)C(OC(=O)[C@](OC)(c2ccccc2)C(F)(F)F)/C=C\CC[C@H]2CC[C@H](O2)[C@H]1OC(=O)[C@](OC)(c1ccccc1)C(F)(F)F. The maximum absolute atomic E-state index is 15.4. The predicted molar refractivity (Wildman–Crippen MR) is 278 cm³/mol. The lowest BCUT2D eigenvalue weighted by molar-refractivity contribution is -0.283. The van der Waals surface area contributed by atoms with Gasteiger partial charge in [0.25, 0.3) is 16.8 Å². The Morgan fingerprint density at radius 2 is 1.07 bits per heavy atom. The number of hydrogen-bond donors (Lipinski definition) is 0. The van der Waals surface area contributed by atoms with Gasteiger partial charge in [-0.2, -0.15) is 39.5 Å². The highest BCUT2D eigenvalue weighted by Crippen LogP contribution is 2.47. The topological polar surface area (TPSA) is 142 Å². The summed E-state index contributed by atoms with van der Waals surface area (Å²) in [6.45, 7) is 12.7. The smallest absolute Gasteiger partial charge is 0.432 e. The minimum atomic E-state index is -5.54. The average molecular weight is 1150 g/mol. The van der Waals surface area contributed by atoms with Gasteiger partial charge in [-0.15, -0.1) is 0 Å². The molecule has 440 valence electrons. The summed E-state index contributed by atoms with van der Waals surface area (Å²) in [4.78, 5) is 57.2. The van der Waals surface area contributed by atoms with Crippen LogP contribution in [-0.4, -0.2) is 100 Å². The Hall–Kier alpha value is -6.81. The van der Waals surface area contributed by atoms with E-state index in [1.165, 1.54) is 73.7 Å². The van der Waals surface area contributed by atoms with Gasteiger partial charge >= 0.3 is 42.4 Å². The first-order chi connectivity index (χ1) is 38.1. The van der Waals surface area contributed by atoms with Crippen molar-refractivity contribution in [3.63, 3.8) is 0 Å². The molecule has 0 spiro atoms. The zero-order valence-corrected chi connectivity index (χ0v) is 45.4. The monoisotopic (exact) mass is 1150 g/mol. The molecule has 2 bridgehead atoms. The maximum atomic E-state index is 15.4. The number of cyclic esters (lactones) is 1. The summed E-state index contributed by atoms with van der Waals surface area (Å²) in [6.07, 6.45) is -15.7. The van der Waals surface area contributed by atoms with Crippen LogP contribution < -0.4 is 0 Å². The summed E-state index contributed by atoms with van der Waals surface area (Å²) in [5.41, 5.74) is -12.2. The molecule has 1 saturated heterocycles. The van der Waals surface area contributed by atoms with Crippen LogP contribution in [0.5, 0.6) is 0 Å². The predicted octanol–water partition coefficient (Wildman–Crippen LogP) is 12.7. The molecule has 2 aliphatic rings. The van der Waals surface area contributed by atoms with E-state index in [-0.39, 0.29) is 32.1 Å². The highest BCUT2D eigenvalue weighted by atomic mass is 19.4. The second kappa shape index (κ2) is 27.8. The first-order valence-corrected chi connectivity index (χ1v) is 25.7. The number of alkyl halides is 9. The van der Waals surface area contributed by atoms with E-state index in [2.05, 4.69) is 13.2 Å². The zero-order chi connectivity index (χ0) is 60.0. The Morgan fingerprint density at radius 3 is 1.51 bits per heavy atom. The number of fused-ring (bicyclic) bond motifs is 2. The fourth-order valence-corrected chi connectivity index (χ4v) is 9.52. The molecule has 0 radical (unpaired) electrons. The number of allylic oxidation sites excluding steroid dienone is 7. The Morgan fingerprint density at radius 1 is 0.642 bits per heavy atom. The van der Waals surface area contributed by atoms with E-state index in [1.54, 1.807) is 26.0 Å². The summed E-state index contributed by atoms with van der Waals surface area (Å²) in [6, 6.07) is 17.2. The summed E-state index contributed by atoms with van der Waals surface area (Å²) in [5, 5.41) is 0. The molecule has 11 atom stereocenters. The molecule has 0 amide bonds. The maximum Gasteiger partial charge on any atom is 0.432 e. The minimum absolute atomic E-state index is 0.000562. The summed E-state index contributed by atoms with van der Waals surface area (Å²) in [5.74, 6) is -9.32. The number of rotatable bonds is 18. The molecule has 21 heteroatoms. The summed E-state index contributed by atoms with van der Waals surface area (Å²) >= 11 is 0. The number of hydrogen-bond acceptors (Lipinski definition) is 12. The van der Waals surface area contributed by atoms with Crippen molar-refractivity contribution in [3.05, 3.63) is 181 Å². The summed E-state index contributed by atoms with van der Waals surface area (Å²) < 4.78 is 182. The van der Waals surface area contributed by atoms with Gasteiger partial charge in [0, 0.05) is 43.9 Å². The van der Waals surface area contributed by atoms with E-state index >= 15 is 39.5 Å². The van der Waals surface area contributed by atoms with E-state index in [9.17, 15) is 19.2 Å². The Bertz CT molecular complexity index is 2740. The number of esters is 4. The largest absolute Gasteiger partial charge is 0.458 e. The lowest BCUT2D eigenvalue weighted by Crippen LogP contribution is -2.55. The number of benzene rings is 3. The number of carbonyl (C=O) groups excluding carboxylic acids is 4. The normalized spacial score (nSPS) is 24.8. The second-order valence-electron chi connectivity index (χ2n) is 19.6. The van der Waals surface area contributed by atoms with Gasteiger partial charge in [-0.25, -0.2) is 14.4 Å². The number of carbonyl (C=O) groups is 4. The van der Waals surface area contributed by atoms with Crippen molar-refractivity contribution in [2.45, 2.75) is 131 Å². The number of methoxy groups -OCH3 is 3. The van der Waals surface area contributed by atoms with Crippen molar-refractivity contribution in [3.8, 4) is 0 Å². The van der Waals surface area contributed by atoms with Crippen LogP contribution in [0.1, 0.15) is 76.0 Å². The molecule has 0 aromatic heterocycles. The van der Waals surface area contributed by atoms with Crippen LogP contribution in [0.15, 0.2) is 164 Å². The van der Waals surface area contributed by atoms with Crippen molar-refractivity contribution in [2.75, 3.05) is 21.3 Å². The molecule has 2 heterocycles. The first kappa shape index (κ1) is 65.0. The standard InChI is InChI=1S/C60H65F9O12/c1-38(2)23-22-24-39(3)37-41(5)49-50(81-54(73)57(76-8,60(67,68)69)44-30-16-11-17-31-44)48-36-35-45(77-48)32-19-21-34-47(79-53(72)56(75-7,59(64,65)66)43-28-14-10-15-29-43)46(33-20-18-25-40(4)51(70)80-49)78-52(71)55(74-6,58(61,62)63)42-26-12-9-13-27-42/h9-18,20-22,24-31,33-34,40-41,45-50H,1,3,19,23,32,35-37H2,2,4-8H3/b24-22+,25-18+,33-20?,34-21-/t40-,41-,45+,46-,47?,48+,49?,50-,55-,56-,57-/m1/s1. The van der Waals surface area contributed by atoms with Crippen molar-refractivity contribution in [1.29, 1.82) is 0 Å². The summed E-state index contributed by atoms with van der Waals surface area (Å²) in [7, 11) is 1.86. The average Bonchev–Trinajstić information content (AvgIpc) is 3.88. The van der Waals surface area contributed by atoms with Crippen molar-refractivity contribution in [1.82, 2.24) is 0 Å². The Balaban J connectivity index is 1.66. The highest BCUT2D eigenvalue weighted by molar-refractivity contribution is 5.85. The molecule has 3 aromatic carbocycles. The molecule has 12 nitrogen and oxygen atoms in total. The van der Waals surface area contributed by atoms with Crippen molar-refractivity contribution < 1.29 is 96.6 Å². The third-order valence-corrected chi connectivity index (χ3v) is 13.8. The molecule has 81 heavy (non-hydrogen) atoms. The van der Waals surface area contributed by atoms with Crippen LogP contribution in [0.4, 0.5) is 39.5 Å². The molecule has 5 rings (SSSR count). The van der Waals surface area contributed by atoms with Crippen LogP contribution in [0.25, 0.3) is 0 Å². The highest BCUT2D eigenvalue weighted by Gasteiger charge is 2.67. The zero-order valence-electron chi connectivity index (χ0n) is 45.4. The quantitative estimate of drug-likeness (QED) is 0.0393. The van der Waals surface area contributed by atoms with Crippen molar-refractivity contribution >= 4 is 23.9 Å². The molecule has 2 unspecified atom stereocenters. The van der Waals surface area contributed by atoms with Gasteiger partial charge < -0.3 is 37.9 Å². The molecule has 0 aliphatic carbocycles. The van der Waals surface area contributed by atoms with Crippen LogP contribution >= 0.6 is 0 Å². The molecular formula is C60H65F9O12. The Kier molecular flexibility index (Phi) is 22.3. The van der Waals surface area contributed by atoms with Gasteiger partial charge in [-0.3, -0.25) is 4.79 Å². The van der Waals surface area contributed by atoms with Gasteiger partial charge in [-0.05, 0) is 64.5 Å². The van der Waals surface area contributed by atoms with Crippen LogP contribution in [0, 0.1) is 11.8 Å². The van der Waals surface area contributed by atoms with Gasteiger partial charge in [-0.1, -0.05) is 159 Å². The molecule has 0 N–H and O–H groups in total. The molecule has 2 aliphatic heterocycles. The lowest BCUT2D eigenvalue weighted by atomic mass is 9.88. The van der Waals surface area contributed by atoms with E-state index < -0.39 is 124 Å². The number of ether oxygens (including phenoxy) is 8. The molecular weight excluding hydrogens is 1080 g/mol. The molecule has 0 saturated carbocycles. The number of halogens is 9. The van der Waals surface area contributed by atoms with E-state index in [0.29, 0.717) is 33.3 Å². The fourth-order valence-electron chi connectivity index (χ4n) is 9.52. The van der Waals surface area contributed by atoms with Gasteiger partial charge in [0.1, 0.15) is 6.10 Å². The molecule has 1 fully saturated rings. The fraction of sp³-hybridized carbons (Fsp3) is 0.433. The van der Waals surface area contributed by atoms with Gasteiger partial charge in [0.2, 0.25) is 0 Å². The third-order valence-electron chi connectivity index (χ3n) is 13.8. The van der Waals surface area contributed by atoms with E-state index in [1.807, 2.05) is 0 Å². The van der Waals surface area contributed by atoms with E-state index in [4.69, 9.17) is 37.9 Å². The third kappa shape index (κ3) is 14.8. The lowest BCUT2D eigenvalue weighted by Gasteiger charge is -2.38. The van der Waals surface area contributed by atoms with Crippen molar-refractivity contribution in [2.24, 2.45) is 11.8 Å². The Labute approximate surface area is 464 Å². The van der Waals surface area contributed by atoms with Gasteiger partial charge in [0.05, 0.1) is 18.1 Å². The van der Waals surface area contributed by atoms with Crippen LogP contribution in [0.3, 0.4) is 0 Å².